The van der Waals surface area contributed by atoms with Crippen LogP contribution in [0.4, 0.5) is 0 Å². The Kier molecular flexibility index (Phi) is 2.22. The summed E-state index contributed by atoms with van der Waals surface area (Å²) < 4.78 is 0. The van der Waals surface area contributed by atoms with Gasteiger partial charge in [0, 0.05) is 16.2 Å². The molecule has 0 aliphatic heterocycles. The summed E-state index contributed by atoms with van der Waals surface area (Å²) in [5.41, 5.74) is 5.99. The Morgan fingerprint density at radius 3 is 2.69 bits per heavy atom. The van der Waals surface area contributed by atoms with E-state index in [1.165, 1.54) is 0 Å². The van der Waals surface area contributed by atoms with Gasteiger partial charge in [0.15, 0.2) is 0 Å². The minimum atomic E-state index is 0.0486. The number of benzene rings is 1. The summed E-state index contributed by atoms with van der Waals surface area (Å²) in [4.78, 5) is 0.930. The van der Waals surface area contributed by atoms with Crippen molar-refractivity contribution in [3.63, 3.8) is 0 Å². The third kappa shape index (κ3) is 2.17. The second-order valence-electron chi connectivity index (χ2n) is 3.62. The van der Waals surface area contributed by atoms with E-state index in [4.69, 9.17) is 5.73 Å². The van der Waals surface area contributed by atoms with Crippen molar-refractivity contribution >= 4 is 11.8 Å². The molecule has 0 bridgehead atoms. The molecule has 13 heavy (non-hydrogen) atoms. The van der Waals surface area contributed by atoms with E-state index in [-0.39, 0.29) is 5.54 Å². The largest absolute Gasteiger partial charge is 0.507 e. The maximum Gasteiger partial charge on any atom is 0.129 e. The van der Waals surface area contributed by atoms with Crippen LogP contribution in [0.3, 0.4) is 0 Å². The zero-order valence-corrected chi connectivity index (χ0v) is 8.18. The lowest BCUT2D eigenvalue weighted by molar-refractivity contribution is 0.462. The van der Waals surface area contributed by atoms with Crippen molar-refractivity contribution in [3.8, 4) is 5.75 Å². The molecule has 0 amide bonds. The smallest absolute Gasteiger partial charge is 0.129 e. The van der Waals surface area contributed by atoms with Crippen molar-refractivity contribution in [2.24, 2.45) is 5.73 Å². The number of aromatic hydroxyl groups is 1. The number of rotatable bonds is 3. The molecule has 0 radical (unpaired) electrons. The average molecular weight is 195 g/mol. The third-order valence-corrected chi connectivity index (χ3v) is 3.65. The maximum absolute atomic E-state index is 9.47. The first kappa shape index (κ1) is 8.91. The van der Waals surface area contributed by atoms with Crippen LogP contribution in [0.5, 0.6) is 5.75 Å². The molecule has 1 saturated carbocycles. The Hall–Kier alpha value is -0.670. The third-order valence-electron chi connectivity index (χ3n) is 2.27. The molecule has 1 aromatic carbocycles. The Bertz CT molecular complexity index is 310. The van der Waals surface area contributed by atoms with Crippen LogP contribution in [0.2, 0.25) is 0 Å². The second-order valence-corrected chi connectivity index (χ2v) is 4.64. The van der Waals surface area contributed by atoms with Crippen LogP contribution < -0.4 is 5.73 Å². The molecule has 1 aliphatic carbocycles. The zero-order chi connectivity index (χ0) is 9.31. The summed E-state index contributed by atoms with van der Waals surface area (Å²) in [6.07, 6.45) is 2.24. The van der Waals surface area contributed by atoms with Gasteiger partial charge in [0.1, 0.15) is 5.75 Å². The molecular formula is C10H13NOS. The predicted octanol–water partition coefficient (Wildman–Crippen LogP) is 1.98. The van der Waals surface area contributed by atoms with Gasteiger partial charge < -0.3 is 10.8 Å². The van der Waals surface area contributed by atoms with E-state index in [1.807, 2.05) is 18.2 Å². The van der Waals surface area contributed by atoms with Crippen LogP contribution in [0.15, 0.2) is 29.2 Å². The summed E-state index contributed by atoms with van der Waals surface area (Å²) in [7, 11) is 0. The van der Waals surface area contributed by atoms with Crippen molar-refractivity contribution in [2.45, 2.75) is 23.3 Å². The highest BCUT2D eigenvalue weighted by Gasteiger charge is 2.37. The van der Waals surface area contributed by atoms with E-state index < -0.39 is 0 Å². The quantitative estimate of drug-likeness (QED) is 0.725. The van der Waals surface area contributed by atoms with E-state index in [2.05, 4.69) is 0 Å². The van der Waals surface area contributed by atoms with Gasteiger partial charge in [-0.25, -0.2) is 0 Å². The van der Waals surface area contributed by atoms with Crippen LogP contribution in [-0.2, 0) is 0 Å². The van der Waals surface area contributed by atoms with Crippen molar-refractivity contribution in [1.82, 2.24) is 0 Å². The molecule has 2 nitrogen and oxygen atoms in total. The summed E-state index contributed by atoms with van der Waals surface area (Å²) in [6, 6.07) is 7.39. The molecule has 0 heterocycles. The van der Waals surface area contributed by atoms with E-state index in [9.17, 15) is 5.11 Å². The van der Waals surface area contributed by atoms with Crippen LogP contribution in [-0.4, -0.2) is 16.4 Å². The number of nitrogens with two attached hydrogens (primary N) is 1. The monoisotopic (exact) mass is 195 g/mol. The fourth-order valence-electron chi connectivity index (χ4n) is 1.11. The molecular weight excluding hydrogens is 182 g/mol. The van der Waals surface area contributed by atoms with E-state index in [0.717, 1.165) is 23.5 Å². The van der Waals surface area contributed by atoms with Gasteiger partial charge in [0.25, 0.3) is 0 Å². The zero-order valence-electron chi connectivity index (χ0n) is 7.36. The Morgan fingerprint density at radius 2 is 2.08 bits per heavy atom. The highest BCUT2D eigenvalue weighted by atomic mass is 32.2. The molecule has 0 atom stereocenters. The molecule has 70 valence electrons. The molecule has 0 saturated heterocycles. The summed E-state index contributed by atoms with van der Waals surface area (Å²) in [5.74, 6) is 1.27. The van der Waals surface area contributed by atoms with E-state index in [0.29, 0.717) is 5.75 Å². The van der Waals surface area contributed by atoms with Crippen LogP contribution in [0, 0.1) is 0 Å². The van der Waals surface area contributed by atoms with E-state index in [1.54, 1.807) is 17.8 Å². The van der Waals surface area contributed by atoms with Crippen LogP contribution in [0.1, 0.15) is 12.8 Å². The number of phenols is 1. The number of hydrogen-bond acceptors (Lipinski definition) is 3. The van der Waals surface area contributed by atoms with Crippen molar-refractivity contribution in [3.05, 3.63) is 24.3 Å². The van der Waals surface area contributed by atoms with Gasteiger partial charge in [-0.1, -0.05) is 12.1 Å². The standard InChI is InChI=1S/C10H13NOS/c11-10(5-6-10)7-13-9-4-2-1-3-8(9)12/h1-4,12H,5-7,11H2. The fourth-order valence-corrected chi connectivity index (χ4v) is 2.23. The highest BCUT2D eigenvalue weighted by molar-refractivity contribution is 7.99. The molecule has 1 fully saturated rings. The lowest BCUT2D eigenvalue weighted by Gasteiger charge is -2.08. The average Bonchev–Trinajstić information content (AvgIpc) is 2.83. The van der Waals surface area contributed by atoms with Crippen molar-refractivity contribution < 1.29 is 5.11 Å². The highest BCUT2D eigenvalue weighted by Crippen LogP contribution is 2.39. The second kappa shape index (κ2) is 3.24. The van der Waals surface area contributed by atoms with E-state index >= 15 is 0 Å². The topological polar surface area (TPSA) is 46.2 Å². The first-order valence-electron chi connectivity index (χ1n) is 4.39. The number of para-hydroxylation sites is 1. The minimum Gasteiger partial charge on any atom is -0.507 e. The van der Waals surface area contributed by atoms with Gasteiger partial charge in [-0.2, -0.15) is 0 Å². The summed E-state index contributed by atoms with van der Waals surface area (Å²) in [5, 5.41) is 9.47. The van der Waals surface area contributed by atoms with Gasteiger partial charge in [-0.05, 0) is 25.0 Å². The number of thioether (sulfide) groups is 1. The van der Waals surface area contributed by atoms with Gasteiger partial charge in [-0.3, -0.25) is 0 Å². The SMILES string of the molecule is NC1(CSc2ccccc2O)CC1. The first-order chi connectivity index (χ1) is 6.20. The Labute approximate surface area is 82.1 Å². The van der Waals surface area contributed by atoms with Crippen molar-refractivity contribution in [1.29, 1.82) is 0 Å². The molecule has 3 heteroatoms. The Morgan fingerprint density at radius 1 is 1.38 bits per heavy atom. The van der Waals surface area contributed by atoms with Gasteiger partial charge >= 0.3 is 0 Å². The fraction of sp³-hybridized carbons (Fsp3) is 0.400. The minimum absolute atomic E-state index is 0.0486. The molecule has 3 N–H and O–H groups in total. The lowest BCUT2D eigenvalue weighted by Crippen LogP contribution is -2.24. The summed E-state index contributed by atoms with van der Waals surface area (Å²) in [6.45, 7) is 0. The predicted molar refractivity (Wildman–Crippen MR) is 55.0 cm³/mol. The van der Waals surface area contributed by atoms with Crippen LogP contribution in [0.25, 0.3) is 0 Å². The molecule has 1 aliphatic rings. The van der Waals surface area contributed by atoms with Gasteiger partial charge in [0.2, 0.25) is 0 Å². The summed E-state index contributed by atoms with van der Waals surface area (Å²) >= 11 is 1.64. The maximum atomic E-state index is 9.47. The normalized spacial score (nSPS) is 18.5. The molecule has 0 aromatic heterocycles. The molecule has 0 spiro atoms. The molecule has 1 aromatic rings. The van der Waals surface area contributed by atoms with Crippen molar-refractivity contribution in [2.75, 3.05) is 5.75 Å². The van der Waals surface area contributed by atoms with Gasteiger partial charge in [0.05, 0.1) is 0 Å². The number of phenolic OH excluding ortho intramolecular Hbond substituents is 1. The molecule has 2 rings (SSSR count). The first-order valence-corrected chi connectivity index (χ1v) is 5.38. The number of hydrogen-bond donors (Lipinski definition) is 2. The van der Waals surface area contributed by atoms with Crippen LogP contribution >= 0.6 is 11.8 Å². The Balaban J connectivity index is 1.97. The van der Waals surface area contributed by atoms with Gasteiger partial charge in [-0.15, -0.1) is 11.8 Å². The lowest BCUT2D eigenvalue weighted by atomic mass is 10.3. The molecule has 0 unspecified atom stereocenters.